The van der Waals surface area contributed by atoms with Crippen molar-refractivity contribution in [2.45, 2.75) is 38.4 Å². The number of ether oxygens (including phenoxy) is 2. The fraction of sp³-hybridized carbons (Fsp3) is 0.353. The number of nitrogens with zero attached hydrogens (tertiary/aromatic N) is 1. The van der Waals surface area contributed by atoms with Gasteiger partial charge in [0.05, 0.1) is 17.8 Å². The van der Waals surface area contributed by atoms with Crippen molar-refractivity contribution in [2.24, 2.45) is 0 Å². The second-order valence-electron chi connectivity index (χ2n) is 5.94. The van der Waals surface area contributed by atoms with Crippen LogP contribution in [0.25, 0.3) is 11.3 Å². The number of hydrogen-bond acceptors (Lipinski definition) is 2. The van der Waals surface area contributed by atoms with Gasteiger partial charge in [0, 0.05) is 24.6 Å². The quantitative estimate of drug-likeness (QED) is 0.698. The largest absolute Gasteiger partial charge is 0.421 e. The Morgan fingerprint density at radius 1 is 1.14 bits per heavy atom. The first-order chi connectivity index (χ1) is 10.5. The molecule has 2 atom stereocenters. The number of benzene rings is 1. The predicted octanol–water partition coefficient (Wildman–Crippen LogP) is 3.11. The van der Waals surface area contributed by atoms with E-state index < -0.39 is 17.5 Å². The summed E-state index contributed by atoms with van der Waals surface area (Å²) in [5.41, 5.74) is 1.34. The molecule has 2 aliphatic heterocycles. The smallest absolute Gasteiger partial charge is 0.287 e. The summed E-state index contributed by atoms with van der Waals surface area (Å²) in [7, 11) is 0. The third-order valence-corrected chi connectivity index (χ3v) is 4.21. The van der Waals surface area contributed by atoms with E-state index in [1.807, 2.05) is 26.0 Å². The van der Waals surface area contributed by atoms with E-state index in [4.69, 9.17) is 9.47 Å². The first-order valence-electron chi connectivity index (χ1n) is 7.38. The van der Waals surface area contributed by atoms with Gasteiger partial charge in [0.15, 0.2) is 6.20 Å². The molecule has 1 fully saturated rings. The molecule has 0 bridgehead atoms. The molecule has 1 aromatic carbocycles. The molecular formula is C17H16F2NO2+. The fourth-order valence-electron chi connectivity index (χ4n) is 3.49. The molecule has 5 heteroatoms. The minimum atomic E-state index is -1.30. The molecule has 2 aliphatic rings. The van der Waals surface area contributed by atoms with Crippen LogP contribution in [0.15, 0.2) is 36.5 Å². The van der Waals surface area contributed by atoms with E-state index in [0.717, 1.165) is 12.5 Å². The van der Waals surface area contributed by atoms with Crippen molar-refractivity contribution in [3.05, 3.63) is 53.7 Å². The Labute approximate surface area is 127 Å². The molecule has 1 aromatic heterocycles. The number of rotatable bonds is 0. The van der Waals surface area contributed by atoms with Crippen molar-refractivity contribution in [3.8, 4) is 11.3 Å². The Kier molecular flexibility index (Phi) is 2.86. The van der Waals surface area contributed by atoms with Gasteiger partial charge in [0.25, 0.3) is 0 Å². The van der Waals surface area contributed by atoms with Crippen LogP contribution in [0.3, 0.4) is 0 Å². The van der Waals surface area contributed by atoms with Gasteiger partial charge in [-0.3, -0.25) is 9.47 Å². The normalized spacial score (nSPS) is 29.5. The zero-order valence-electron chi connectivity index (χ0n) is 12.3. The molecule has 0 N–H and O–H groups in total. The number of fused-ring (bicyclic) bond motifs is 5. The molecule has 2 aromatic rings. The van der Waals surface area contributed by atoms with Gasteiger partial charge in [-0.25, -0.2) is 8.78 Å². The summed E-state index contributed by atoms with van der Waals surface area (Å²) < 4.78 is 42.1. The molecule has 3 heterocycles. The third kappa shape index (κ3) is 1.76. The van der Waals surface area contributed by atoms with Crippen molar-refractivity contribution < 1.29 is 22.8 Å². The van der Waals surface area contributed by atoms with Gasteiger partial charge in [-0.2, -0.15) is 0 Å². The topological polar surface area (TPSA) is 22.3 Å². The standard InChI is InChI=1S/C17H16F2NO2/c1-10-7-11(2)22-17(21-10)13-8-12(18)9-14(19)16(13)15-5-3-4-6-20(15)17/h3-6,8-11H,7H2,1-2H3/q+1. The Bertz CT molecular complexity index is 752. The van der Waals surface area contributed by atoms with Crippen LogP contribution in [0.1, 0.15) is 25.8 Å². The average molecular weight is 304 g/mol. The summed E-state index contributed by atoms with van der Waals surface area (Å²) in [5.74, 6) is -2.54. The molecule has 0 saturated carbocycles. The van der Waals surface area contributed by atoms with Crippen LogP contribution in [0.2, 0.25) is 0 Å². The Morgan fingerprint density at radius 3 is 2.59 bits per heavy atom. The fourth-order valence-corrected chi connectivity index (χ4v) is 3.49. The lowest BCUT2D eigenvalue weighted by Gasteiger charge is -2.36. The van der Waals surface area contributed by atoms with Crippen LogP contribution in [0.4, 0.5) is 8.78 Å². The van der Waals surface area contributed by atoms with Crippen molar-refractivity contribution in [1.29, 1.82) is 0 Å². The Morgan fingerprint density at radius 2 is 1.86 bits per heavy atom. The zero-order valence-corrected chi connectivity index (χ0v) is 12.3. The number of aromatic nitrogens is 1. The number of hydrogen-bond donors (Lipinski definition) is 0. The van der Waals surface area contributed by atoms with E-state index in [1.54, 1.807) is 16.8 Å². The lowest BCUT2D eigenvalue weighted by Crippen LogP contribution is -2.62. The van der Waals surface area contributed by atoms with Crippen molar-refractivity contribution in [3.63, 3.8) is 0 Å². The molecule has 0 amide bonds. The Balaban J connectivity index is 2.04. The second kappa shape index (κ2) is 4.57. The highest BCUT2D eigenvalue weighted by molar-refractivity contribution is 5.65. The van der Waals surface area contributed by atoms with Crippen LogP contribution < -0.4 is 4.57 Å². The maximum atomic E-state index is 14.4. The number of halogens is 2. The van der Waals surface area contributed by atoms with E-state index >= 15 is 0 Å². The molecule has 4 rings (SSSR count). The maximum Gasteiger partial charge on any atom is 0.421 e. The second-order valence-corrected chi connectivity index (χ2v) is 5.94. The van der Waals surface area contributed by atoms with Crippen LogP contribution in [0.5, 0.6) is 0 Å². The zero-order chi connectivity index (χ0) is 15.5. The molecule has 22 heavy (non-hydrogen) atoms. The van der Waals surface area contributed by atoms with Gasteiger partial charge in [-0.15, -0.1) is 4.57 Å². The predicted molar refractivity (Wildman–Crippen MR) is 74.8 cm³/mol. The van der Waals surface area contributed by atoms with Gasteiger partial charge in [-0.1, -0.05) is 0 Å². The summed E-state index contributed by atoms with van der Waals surface area (Å²) in [6.07, 6.45) is 2.35. The summed E-state index contributed by atoms with van der Waals surface area (Å²) >= 11 is 0. The van der Waals surface area contributed by atoms with Crippen LogP contribution >= 0.6 is 0 Å². The molecule has 1 saturated heterocycles. The molecule has 0 radical (unpaired) electrons. The summed E-state index contributed by atoms with van der Waals surface area (Å²) in [6.45, 7) is 3.88. The molecule has 0 aliphatic carbocycles. The Hall–Kier alpha value is -1.85. The lowest BCUT2D eigenvalue weighted by atomic mass is 10.0. The van der Waals surface area contributed by atoms with Gasteiger partial charge in [0.1, 0.15) is 17.2 Å². The first-order valence-corrected chi connectivity index (χ1v) is 7.38. The van der Waals surface area contributed by atoms with Crippen LogP contribution in [-0.4, -0.2) is 12.2 Å². The van der Waals surface area contributed by atoms with Crippen LogP contribution in [-0.2, 0) is 15.4 Å². The van der Waals surface area contributed by atoms with Gasteiger partial charge < -0.3 is 0 Å². The summed E-state index contributed by atoms with van der Waals surface area (Å²) in [5, 5.41) is 0. The van der Waals surface area contributed by atoms with E-state index in [9.17, 15) is 8.78 Å². The molecular weight excluding hydrogens is 288 g/mol. The summed E-state index contributed by atoms with van der Waals surface area (Å²) in [4.78, 5) is 0. The SMILES string of the molecule is CC1CC(C)OC2(O1)c1cc(F)cc(F)c1-c1cccc[n+]12. The van der Waals surface area contributed by atoms with Gasteiger partial charge in [0.2, 0.25) is 5.69 Å². The highest BCUT2D eigenvalue weighted by Gasteiger charge is 2.59. The van der Waals surface area contributed by atoms with Crippen molar-refractivity contribution in [1.82, 2.24) is 0 Å². The lowest BCUT2D eigenvalue weighted by molar-refractivity contribution is -0.841. The average Bonchev–Trinajstić information content (AvgIpc) is 2.69. The number of pyridine rings is 1. The van der Waals surface area contributed by atoms with E-state index in [2.05, 4.69) is 0 Å². The molecule has 1 spiro atoms. The minimum Gasteiger partial charge on any atom is -0.287 e. The van der Waals surface area contributed by atoms with Crippen LogP contribution in [0, 0.1) is 11.6 Å². The highest BCUT2D eigenvalue weighted by atomic mass is 19.1. The minimum absolute atomic E-state index is 0.0819. The monoisotopic (exact) mass is 304 g/mol. The van der Waals surface area contributed by atoms with Gasteiger partial charge >= 0.3 is 5.91 Å². The summed E-state index contributed by atoms with van der Waals surface area (Å²) in [6, 6.07) is 7.61. The van der Waals surface area contributed by atoms with E-state index in [-0.39, 0.29) is 12.2 Å². The molecule has 3 nitrogen and oxygen atoms in total. The third-order valence-electron chi connectivity index (χ3n) is 4.21. The van der Waals surface area contributed by atoms with Gasteiger partial charge in [-0.05, 0) is 26.0 Å². The van der Waals surface area contributed by atoms with Crippen molar-refractivity contribution >= 4 is 0 Å². The first kappa shape index (κ1) is 13.8. The molecule has 114 valence electrons. The maximum absolute atomic E-state index is 14.4. The van der Waals surface area contributed by atoms with E-state index in [1.165, 1.54) is 6.07 Å². The van der Waals surface area contributed by atoms with E-state index in [0.29, 0.717) is 16.8 Å². The molecule has 2 unspecified atom stereocenters. The highest BCUT2D eigenvalue weighted by Crippen LogP contribution is 2.44. The van der Waals surface area contributed by atoms with Crippen molar-refractivity contribution in [2.75, 3.05) is 0 Å².